The third-order valence-electron chi connectivity index (χ3n) is 4.98. The first-order valence-electron chi connectivity index (χ1n) is 8.94. The summed E-state index contributed by atoms with van der Waals surface area (Å²) in [6, 6.07) is 5.60. The molecular weight excluding hydrogens is 346 g/mol. The van der Waals surface area contributed by atoms with Gasteiger partial charge in [0.15, 0.2) is 0 Å². The van der Waals surface area contributed by atoms with Crippen LogP contribution in [0.5, 0.6) is 0 Å². The molecule has 0 spiro atoms. The smallest absolute Gasteiger partial charge is 0.244 e. The zero-order valence-electron chi connectivity index (χ0n) is 15.7. The fourth-order valence-electron chi connectivity index (χ4n) is 3.50. The minimum absolute atomic E-state index is 0.0300. The van der Waals surface area contributed by atoms with Crippen LogP contribution in [0, 0.1) is 13.8 Å². The van der Waals surface area contributed by atoms with Crippen molar-refractivity contribution >= 4 is 5.91 Å². The Morgan fingerprint density at radius 3 is 2.74 bits per heavy atom. The fourth-order valence-corrected chi connectivity index (χ4v) is 3.50. The number of amides is 1. The van der Waals surface area contributed by atoms with E-state index in [1.165, 1.54) is 0 Å². The molecule has 27 heavy (non-hydrogen) atoms. The average molecular weight is 369 g/mol. The quantitative estimate of drug-likeness (QED) is 0.725. The number of fused-ring (bicyclic) bond motifs is 1. The Labute approximate surface area is 156 Å². The van der Waals surface area contributed by atoms with Crippen molar-refractivity contribution in [2.75, 3.05) is 6.54 Å². The monoisotopic (exact) mass is 369 g/mol. The minimum Gasteiger partial charge on any atom is -0.380 e. The first kappa shape index (κ1) is 17.5. The average Bonchev–Trinajstić information content (AvgIpc) is 3.32. The predicted molar refractivity (Wildman–Crippen MR) is 96.6 cm³/mol. The molecule has 4 heterocycles. The van der Waals surface area contributed by atoms with Crippen LogP contribution in [-0.4, -0.2) is 51.8 Å². The maximum atomic E-state index is 12.7. The van der Waals surface area contributed by atoms with Gasteiger partial charge in [-0.2, -0.15) is 15.3 Å². The van der Waals surface area contributed by atoms with Crippen molar-refractivity contribution in [2.24, 2.45) is 7.05 Å². The fraction of sp³-hybridized carbons (Fsp3) is 0.444. The first-order valence-corrected chi connectivity index (χ1v) is 8.94. The largest absolute Gasteiger partial charge is 0.380 e. The van der Waals surface area contributed by atoms with Gasteiger partial charge in [-0.05, 0) is 32.0 Å². The molecule has 1 unspecified atom stereocenters. The van der Waals surface area contributed by atoms with Crippen molar-refractivity contribution in [2.45, 2.75) is 39.6 Å². The summed E-state index contributed by atoms with van der Waals surface area (Å²) < 4.78 is 5.23. The number of aromatic nitrogens is 6. The van der Waals surface area contributed by atoms with Gasteiger partial charge in [-0.1, -0.05) is 0 Å². The molecule has 0 fully saturated rings. The lowest BCUT2D eigenvalue weighted by molar-refractivity contribution is -0.133. The lowest BCUT2D eigenvalue weighted by Crippen LogP contribution is -2.40. The van der Waals surface area contributed by atoms with E-state index in [1.807, 2.05) is 35.6 Å². The van der Waals surface area contributed by atoms with Crippen molar-refractivity contribution in [3.63, 3.8) is 0 Å². The number of carbonyl (C=O) groups excluding carboxylic acids is 1. The number of carbonyl (C=O) groups is 1. The Hall–Kier alpha value is -2.94. The number of aliphatic hydroxyl groups excluding tert-OH is 1. The number of rotatable bonds is 4. The highest BCUT2D eigenvalue weighted by Gasteiger charge is 2.25. The van der Waals surface area contributed by atoms with Gasteiger partial charge in [-0.15, -0.1) is 0 Å². The van der Waals surface area contributed by atoms with E-state index in [9.17, 15) is 9.90 Å². The summed E-state index contributed by atoms with van der Waals surface area (Å²) in [5.41, 5.74) is 4.05. The van der Waals surface area contributed by atoms with E-state index in [0.29, 0.717) is 31.0 Å². The summed E-state index contributed by atoms with van der Waals surface area (Å²) in [6.07, 6.45) is 0.808. The minimum atomic E-state index is -0.838. The second-order valence-corrected chi connectivity index (χ2v) is 6.97. The lowest BCUT2D eigenvalue weighted by atomic mass is 10.1. The van der Waals surface area contributed by atoms with Crippen molar-refractivity contribution in [1.29, 1.82) is 0 Å². The number of nitrogens with zero attached hydrogens (tertiary/aromatic N) is 7. The summed E-state index contributed by atoms with van der Waals surface area (Å²) in [5.74, 6) is 0.0300. The first-order chi connectivity index (χ1) is 12.9. The van der Waals surface area contributed by atoms with Crippen LogP contribution in [0.25, 0.3) is 0 Å². The molecule has 1 aliphatic heterocycles. The summed E-state index contributed by atoms with van der Waals surface area (Å²) >= 11 is 0. The van der Waals surface area contributed by atoms with Crippen LogP contribution in [0.15, 0.2) is 24.4 Å². The number of aryl methyl sites for hydroxylation is 3. The summed E-state index contributed by atoms with van der Waals surface area (Å²) in [4.78, 5) is 14.5. The molecule has 0 aliphatic carbocycles. The van der Waals surface area contributed by atoms with Gasteiger partial charge in [-0.25, -0.2) is 0 Å². The van der Waals surface area contributed by atoms with E-state index in [4.69, 9.17) is 0 Å². The SMILES string of the molecule is Cc1cc(C)n(CC(=O)N2CCn3nc(C(O)c4ccnn4C)cc3C2)n1. The second-order valence-electron chi connectivity index (χ2n) is 6.97. The predicted octanol–water partition coefficient (Wildman–Crippen LogP) is 0.554. The Morgan fingerprint density at radius 1 is 1.26 bits per heavy atom. The van der Waals surface area contributed by atoms with Crippen molar-refractivity contribution < 1.29 is 9.90 Å². The van der Waals surface area contributed by atoms with E-state index in [2.05, 4.69) is 15.3 Å². The van der Waals surface area contributed by atoms with Crippen LogP contribution in [-0.2, 0) is 31.5 Å². The molecular formula is C18H23N7O2. The molecule has 9 nitrogen and oxygen atoms in total. The van der Waals surface area contributed by atoms with Gasteiger partial charge in [0.25, 0.3) is 0 Å². The molecule has 9 heteroatoms. The molecule has 1 aliphatic rings. The van der Waals surface area contributed by atoms with Gasteiger partial charge in [-0.3, -0.25) is 18.8 Å². The summed E-state index contributed by atoms with van der Waals surface area (Å²) in [6.45, 7) is 5.78. The van der Waals surface area contributed by atoms with Crippen molar-refractivity contribution in [3.05, 3.63) is 52.9 Å². The Morgan fingerprint density at radius 2 is 2.07 bits per heavy atom. The normalized spacial score (nSPS) is 15.0. The molecule has 0 radical (unpaired) electrons. The van der Waals surface area contributed by atoms with Gasteiger partial charge in [0.05, 0.1) is 35.9 Å². The highest BCUT2D eigenvalue weighted by atomic mass is 16.3. The molecule has 1 amide bonds. The Bertz CT molecular complexity index is 984. The molecule has 0 saturated heterocycles. The molecule has 1 N–H and O–H groups in total. The third kappa shape index (κ3) is 3.25. The van der Waals surface area contributed by atoms with E-state index in [-0.39, 0.29) is 12.5 Å². The summed E-state index contributed by atoms with van der Waals surface area (Å²) in [5, 5.41) is 23.6. The second kappa shape index (κ2) is 6.66. The van der Waals surface area contributed by atoms with Gasteiger partial charge >= 0.3 is 0 Å². The van der Waals surface area contributed by atoms with E-state index < -0.39 is 6.10 Å². The van der Waals surface area contributed by atoms with Crippen molar-refractivity contribution in [3.8, 4) is 0 Å². The highest BCUT2D eigenvalue weighted by molar-refractivity contribution is 5.76. The lowest BCUT2D eigenvalue weighted by Gasteiger charge is -2.27. The van der Waals surface area contributed by atoms with E-state index in [1.54, 1.807) is 28.7 Å². The molecule has 142 valence electrons. The number of aliphatic hydroxyl groups is 1. The van der Waals surface area contributed by atoms with Crippen LogP contribution in [0.4, 0.5) is 0 Å². The molecule has 1 atom stereocenters. The molecule has 0 saturated carbocycles. The van der Waals surface area contributed by atoms with Crippen LogP contribution in [0.1, 0.15) is 34.6 Å². The summed E-state index contributed by atoms with van der Waals surface area (Å²) in [7, 11) is 1.79. The van der Waals surface area contributed by atoms with Crippen LogP contribution < -0.4 is 0 Å². The zero-order valence-corrected chi connectivity index (χ0v) is 15.7. The zero-order chi connectivity index (χ0) is 19.1. The Kier molecular flexibility index (Phi) is 4.31. The van der Waals surface area contributed by atoms with Gasteiger partial charge in [0, 0.05) is 25.5 Å². The highest BCUT2D eigenvalue weighted by Crippen LogP contribution is 2.23. The van der Waals surface area contributed by atoms with Gasteiger partial charge < -0.3 is 10.0 Å². The van der Waals surface area contributed by atoms with Gasteiger partial charge in [0.2, 0.25) is 5.91 Å². The Balaban J connectivity index is 1.48. The molecule has 3 aromatic rings. The maximum absolute atomic E-state index is 12.7. The number of hydrogen-bond donors (Lipinski definition) is 1. The molecule has 0 aromatic carbocycles. The van der Waals surface area contributed by atoms with Crippen LogP contribution in [0.2, 0.25) is 0 Å². The molecule has 3 aromatic heterocycles. The third-order valence-corrected chi connectivity index (χ3v) is 4.98. The number of hydrogen-bond acceptors (Lipinski definition) is 5. The standard InChI is InChI=1S/C18H23N7O2/c1-12-8-13(2)25(20-12)11-17(26)23-6-7-24-14(10-23)9-15(21-24)18(27)16-4-5-19-22(16)3/h4-5,8-9,18,27H,6-7,10-11H2,1-3H3. The maximum Gasteiger partial charge on any atom is 0.244 e. The van der Waals surface area contributed by atoms with Crippen molar-refractivity contribution in [1.82, 2.24) is 34.2 Å². The van der Waals surface area contributed by atoms with Gasteiger partial charge in [0.1, 0.15) is 12.6 Å². The van der Waals surface area contributed by atoms with E-state index >= 15 is 0 Å². The van der Waals surface area contributed by atoms with Crippen LogP contribution >= 0.6 is 0 Å². The van der Waals surface area contributed by atoms with Crippen LogP contribution in [0.3, 0.4) is 0 Å². The molecule has 0 bridgehead atoms. The molecule has 4 rings (SSSR count). The van der Waals surface area contributed by atoms with E-state index in [0.717, 1.165) is 17.1 Å². The topological polar surface area (TPSA) is 94.0 Å².